The van der Waals surface area contributed by atoms with Crippen LogP contribution in [0.5, 0.6) is 0 Å². The molecular formula is C11H9N4NaO6. The number of nitriles is 1. The van der Waals surface area contributed by atoms with Crippen molar-refractivity contribution < 1.29 is 24.0 Å². The van der Waals surface area contributed by atoms with Gasteiger partial charge in [-0.15, -0.1) is 0 Å². The molecule has 0 N–H and O–H groups in total. The summed E-state index contributed by atoms with van der Waals surface area (Å²) in [7, 11) is 0. The summed E-state index contributed by atoms with van der Waals surface area (Å²) < 4.78 is 9.07. The number of benzene rings is 1. The summed E-state index contributed by atoms with van der Waals surface area (Å²) in [6.45, 7) is 1.63. The number of carbonyl (C=O) groups is 1. The Morgan fingerprint density at radius 3 is 2.86 bits per heavy atom. The summed E-state index contributed by atoms with van der Waals surface area (Å²) in [6, 6.07) is 3.90. The first-order chi connectivity index (χ1) is 10.0. The number of hydrogen-bond acceptors (Lipinski definition) is 8. The molecule has 10 nitrogen and oxygen atoms in total. The van der Waals surface area contributed by atoms with E-state index in [-0.39, 0.29) is 52.1 Å². The molecule has 0 radical (unpaired) electrons. The van der Waals surface area contributed by atoms with Gasteiger partial charge in [-0.25, -0.2) is 0 Å². The van der Waals surface area contributed by atoms with E-state index in [0.717, 1.165) is 6.07 Å². The Bertz CT molecular complexity index is 768. The molecule has 1 heterocycles. The topological polar surface area (TPSA) is 146 Å². The van der Waals surface area contributed by atoms with Crippen molar-refractivity contribution in [1.29, 1.82) is 5.26 Å². The SMILES string of the molecule is CCOC(=O)C(C#N)c1ccc([N+](=O)[O-])c2c1no[n+]2[O-].[NaH]. The number of nitro benzene ring substituents is 1. The molecule has 0 spiro atoms. The van der Waals surface area contributed by atoms with Crippen molar-refractivity contribution in [2.75, 3.05) is 6.61 Å². The Kier molecular flexibility index (Phi) is 5.81. The first-order valence-corrected chi connectivity index (χ1v) is 5.74. The third-order valence-electron chi connectivity index (χ3n) is 2.71. The normalized spacial score (nSPS) is 11.3. The Morgan fingerprint density at radius 2 is 2.32 bits per heavy atom. The van der Waals surface area contributed by atoms with Crippen LogP contribution in [0.4, 0.5) is 5.69 Å². The molecule has 11 heteroatoms. The predicted molar refractivity (Wildman–Crippen MR) is 71.8 cm³/mol. The molecule has 0 aliphatic carbocycles. The third-order valence-corrected chi connectivity index (χ3v) is 2.71. The minimum atomic E-state index is -1.36. The third kappa shape index (κ3) is 3.01. The summed E-state index contributed by atoms with van der Waals surface area (Å²) >= 11 is 0. The van der Waals surface area contributed by atoms with Crippen molar-refractivity contribution in [2.24, 2.45) is 0 Å². The Labute approximate surface area is 145 Å². The van der Waals surface area contributed by atoms with Gasteiger partial charge < -0.3 is 9.94 Å². The summed E-state index contributed by atoms with van der Waals surface area (Å²) in [6.07, 6.45) is 0. The van der Waals surface area contributed by atoms with E-state index in [0.29, 0.717) is 0 Å². The number of non-ortho nitro benzene ring substituents is 1. The number of nitrogens with zero attached hydrogens (tertiary/aromatic N) is 4. The van der Waals surface area contributed by atoms with Crippen LogP contribution in [0.3, 0.4) is 0 Å². The zero-order chi connectivity index (χ0) is 15.6. The van der Waals surface area contributed by atoms with Gasteiger partial charge in [0.25, 0.3) is 5.52 Å². The van der Waals surface area contributed by atoms with Crippen LogP contribution in [0.15, 0.2) is 16.8 Å². The van der Waals surface area contributed by atoms with Crippen molar-refractivity contribution in [3.8, 4) is 6.07 Å². The van der Waals surface area contributed by atoms with E-state index in [1.807, 2.05) is 0 Å². The van der Waals surface area contributed by atoms with Gasteiger partial charge in [0.1, 0.15) is 0 Å². The fraction of sp³-hybridized carbons (Fsp3) is 0.273. The van der Waals surface area contributed by atoms with Gasteiger partial charge in [-0.2, -0.15) is 5.26 Å². The van der Waals surface area contributed by atoms with Crippen molar-refractivity contribution in [3.05, 3.63) is 33.0 Å². The molecule has 0 bridgehead atoms. The average molecular weight is 316 g/mol. The van der Waals surface area contributed by atoms with Crippen LogP contribution in [0, 0.1) is 26.7 Å². The number of nitro groups is 1. The molecule has 2 aromatic rings. The molecule has 0 aliphatic heterocycles. The van der Waals surface area contributed by atoms with Crippen LogP contribution in [-0.4, -0.2) is 52.2 Å². The van der Waals surface area contributed by atoms with E-state index in [4.69, 9.17) is 10.00 Å². The fourth-order valence-electron chi connectivity index (χ4n) is 1.83. The molecule has 110 valence electrons. The van der Waals surface area contributed by atoms with E-state index in [1.165, 1.54) is 6.07 Å². The number of esters is 1. The number of ether oxygens (including phenoxy) is 1. The van der Waals surface area contributed by atoms with Crippen LogP contribution in [-0.2, 0) is 9.53 Å². The van der Waals surface area contributed by atoms with Gasteiger partial charge >= 0.3 is 46.7 Å². The first kappa shape index (κ1) is 17.8. The minimum absolute atomic E-state index is 0. The second-order valence-corrected chi connectivity index (χ2v) is 3.87. The fourth-order valence-corrected chi connectivity index (χ4v) is 1.83. The van der Waals surface area contributed by atoms with Crippen LogP contribution < -0.4 is 4.90 Å². The Balaban J connectivity index is 0.00000242. The van der Waals surface area contributed by atoms with Gasteiger partial charge in [-0.1, -0.05) is 0 Å². The number of aromatic nitrogens is 2. The van der Waals surface area contributed by atoms with Crippen molar-refractivity contribution >= 4 is 52.2 Å². The Hall–Kier alpha value is -2.22. The number of fused-ring (bicyclic) bond motifs is 1. The van der Waals surface area contributed by atoms with Gasteiger partial charge in [0.05, 0.1) is 17.6 Å². The second-order valence-electron chi connectivity index (χ2n) is 3.87. The van der Waals surface area contributed by atoms with Crippen molar-refractivity contribution in [2.45, 2.75) is 12.8 Å². The van der Waals surface area contributed by atoms with E-state index in [1.54, 1.807) is 13.0 Å². The monoisotopic (exact) mass is 316 g/mol. The van der Waals surface area contributed by atoms with Crippen LogP contribution >= 0.6 is 0 Å². The summed E-state index contributed by atoms with van der Waals surface area (Å²) in [5.41, 5.74) is -1.21. The molecule has 0 fully saturated rings. The summed E-state index contributed by atoms with van der Waals surface area (Å²) in [4.78, 5) is 21.7. The van der Waals surface area contributed by atoms with Crippen LogP contribution in [0.25, 0.3) is 11.0 Å². The van der Waals surface area contributed by atoms with E-state index < -0.39 is 28.0 Å². The standard InChI is InChI=1S/C11H8N4O6.Na.H/c1-2-20-11(16)7(5-12)6-3-4-8(14(17)18)10-9(6)13-21-15(10)19;;/h3-4,7H,2H2,1H3;;. The van der Waals surface area contributed by atoms with Gasteiger partial charge in [0.15, 0.2) is 5.92 Å². The average Bonchev–Trinajstić information content (AvgIpc) is 2.82. The summed E-state index contributed by atoms with van der Waals surface area (Å²) in [5.74, 6) is -2.20. The maximum atomic E-state index is 11.7. The van der Waals surface area contributed by atoms with Gasteiger partial charge in [0, 0.05) is 16.8 Å². The molecule has 0 aliphatic rings. The molecule has 0 saturated carbocycles. The predicted octanol–water partition coefficient (Wildman–Crippen LogP) is -0.109. The van der Waals surface area contributed by atoms with Crippen molar-refractivity contribution in [3.63, 3.8) is 0 Å². The van der Waals surface area contributed by atoms with E-state index >= 15 is 0 Å². The van der Waals surface area contributed by atoms with E-state index in [2.05, 4.69) is 9.79 Å². The van der Waals surface area contributed by atoms with Crippen LogP contribution in [0.1, 0.15) is 18.4 Å². The second kappa shape index (κ2) is 7.17. The first-order valence-electron chi connectivity index (χ1n) is 5.74. The van der Waals surface area contributed by atoms with Gasteiger partial charge in [-0.3, -0.25) is 19.5 Å². The molecule has 0 amide bonds. The maximum absolute atomic E-state index is 11.7. The molecule has 1 atom stereocenters. The summed E-state index contributed by atoms with van der Waals surface area (Å²) in [5, 5.41) is 34.8. The number of carbonyl (C=O) groups excluding carboxylic acids is 1. The molecule has 1 unspecified atom stereocenters. The molecule has 1 aromatic heterocycles. The van der Waals surface area contributed by atoms with E-state index in [9.17, 15) is 20.1 Å². The van der Waals surface area contributed by atoms with Crippen LogP contribution in [0.2, 0.25) is 0 Å². The Morgan fingerprint density at radius 1 is 1.64 bits per heavy atom. The molecule has 22 heavy (non-hydrogen) atoms. The quantitative estimate of drug-likeness (QED) is 0.249. The van der Waals surface area contributed by atoms with Crippen molar-refractivity contribution in [1.82, 2.24) is 5.16 Å². The zero-order valence-corrected chi connectivity index (χ0v) is 10.7. The van der Waals surface area contributed by atoms with Gasteiger partial charge in [-0.05, 0) is 17.9 Å². The number of hydrogen-bond donors (Lipinski definition) is 0. The molecule has 1 aromatic carbocycles. The molecule has 2 rings (SSSR count). The molecular weight excluding hydrogens is 307 g/mol. The molecule has 0 saturated heterocycles. The van der Waals surface area contributed by atoms with Gasteiger partial charge in [0.2, 0.25) is 0 Å². The number of rotatable bonds is 4. The zero-order valence-electron chi connectivity index (χ0n) is 10.7.